The van der Waals surface area contributed by atoms with Crippen LogP contribution in [0.25, 0.3) is 10.8 Å². The Labute approximate surface area is 130 Å². The topological polar surface area (TPSA) is 64.0 Å². The van der Waals surface area contributed by atoms with Gasteiger partial charge in [-0.1, -0.05) is 38.5 Å². The number of nitrogens with one attached hydrogen (secondary N) is 1. The third-order valence-electron chi connectivity index (χ3n) is 4.24. The summed E-state index contributed by atoms with van der Waals surface area (Å²) in [5.74, 6) is 0.151. The second-order valence-corrected chi connectivity index (χ2v) is 5.66. The second kappa shape index (κ2) is 6.73. The minimum Gasteiger partial charge on any atom is -0.348 e. The molecule has 0 saturated heterocycles. The number of nitrogens with zero attached hydrogens (tertiary/aromatic N) is 2. The van der Waals surface area contributed by atoms with Gasteiger partial charge in [0, 0.05) is 18.0 Å². The number of fused-ring (bicyclic) bond motifs is 1. The Morgan fingerprint density at radius 1 is 1.23 bits per heavy atom. The fourth-order valence-corrected chi connectivity index (χ4v) is 2.39. The van der Waals surface area contributed by atoms with Gasteiger partial charge in [-0.3, -0.25) is 9.59 Å². The van der Waals surface area contributed by atoms with Gasteiger partial charge in [0.05, 0.1) is 5.39 Å². The van der Waals surface area contributed by atoms with Gasteiger partial charge in [-0.2, -0.15) is 5.10 Å². The summed E-state index contributed by atoms with van der Waals surface area (Å²) < 4.78 is 1.34. The Bertz CT molecular complexity index is 736. The van der Waals surface area contributed by atoms with Gasteiger partial charge in [0.25, 0.3) is 11.5 Å². The molecule has 5 nitrogen and oxygen atoms in total. The van der Waals surface area contributed by atoms with Gasteiger partial charge in [0.2, 0.25) is 0 Å². The van der Waals surface area contributed by atoms with Gasteiger partial charge in [-0.25, -0.2) is 4.68 Å². The summed E-state index contributed by atoms with van der Waals surface area (Å²) in [5, 5.41) is 8.37. The van der Waals surface area contributed by atoms with Crippen molar-refractivity contribution >= 4 is 16.7 Å². The van der Waals surface area contributed by atoms with Crippen LogP contribution in [0.1, 0.15) is 44.6 Å². The first-order chi connectivity index (χ1) is 10.5. The van der Waals surface area contributed by atoms with Crippen molar-refractivity contribution in [1.82, 2.24) is 15.1 Å². The van der Waals surface area contributed by atoms with Crippen molar-refractivity contribution in [2.45, 2.75) is 46.7 Å². The van der Waals surface area contributed by atoms with Gasteiger partial charge in [-0.05, 0) is 25.8 Å². The van der Waals surface area contributed by atoms with E-state index in [9.17, 15) is 9.59 Å². The van der Waals surface area contributed by atoms with Crippen LogP contribution < -0.4 is 10.9 Å². The minimum atomic E-state index is -0.230. The molecular formula is C17H23N3O2. The summed E-state index contributed by atoms with van der Waals surface area (Å²) in [7, 11) is 0. The van der Waals surface area contributed by atoms with E-state index in [1.807, 2.05) is 19.9 Å². The Balaban J connectivity index is 2.48. The van der Waals surface area contributed by atoms with Crippen LogP contribution in [0.5, 0.6) is 0 Å². The maximum absolute atomic E-state index is 12.6. The molecular weight excluding hydrogens is 278 g/mol. The number of rotatable bonds is 5. The number of amides is 1. The summed E-state index contributed by atoms with van der Waals surface area (Å²) >= 11 is 0. The van der Waals surface area contributed by atoms with Crippen molar-refractivity contribution in [2.24, 2.45) is 5.92 Å². The van der Waals surface area contributed by atoms with Crippen LogP contribution in [-0.4, -0.2) is 21.7 Å². The molecule has 0 aliphatic carbocycles. The predicted octanol–water partition coefficient (Wildman–Crippen LogP) is 2.58. The SMILES string of the molecule is CC[C@H](C)[C@@H](C)NC(=O)c1nn(CC)c(=O)c2ccccc12. The van der Waals surface area contributed by atoms with Crippen LogP contribution >= 0.6 is 0 Å². The van der Waals surface area contributed by atoms with Crippen LogP contribution in [0.2, 0.25) is 0 Å². The molecule has 0 spiro atoms. The second-order valence-electron chi connectivity index (χ2n) is 5.66. The molecule has 0 radical (unpaired) electrons. The number of aryl methyl sites for hydroxylation is 1. The molecule has 5 heteroatoms. The lowest BCUT2D eigenvalue weighted by molar-refractivity contribution is 0.0922. The van der Waals surface area contributed by atoms with Crippen LogP contribution in [0.3, 0.4) is 0 Å². The van der Waals surface area contributed by atoms with E-state index in [2.05, 4.69) is 24.3 Å². The Morgan fingerprint density at radius 3 is 2.45 bits per heavy atom. The minimum absolute atomic E-state index is 0.0556. The highest BCUT2D eigenvalue weighted by Gasteiger charge is 2.19. The molecule has 1 N–H and O–H groups in total. The van der Waals surface area contributed by atoms with Crippen molar-refractivity contribution in [3.63, 3.8) is 0 Å². The average molecular weight is 301 g/mol. The van der Waals surface area contributed by atoms with Gasteiger partial charge >= 0.3 is 0 Å². The van der Waals surface area contributed by atoms with Crippen molar-refractivity contribution in [2.75, 3.05) is 0 Å². The Hall–Kier alpha value is -2.17. The number of carbonyl (C=O) groups excluding carboxylic acids is 1. The van der Waals surface area contributed by atoms with Crippen molar-refractivity contribution in [3.8, 4) is 0 Å². The standard InChI is InChI=1S/C17H23N3O2/c1-5-11(3)12(4)18-16(21)15-13-9-7-8-10-14(13)17(22)20(6-2)19-15/h7-12H,5-6H2,1-4H3,(H,18,21)/t11-,12+/m0/s1. The molecule has 2 atom stereocenters. The van der Waals surface area contributed by atoms with Gasteiger partial charge in [-0.15, -0.1) is 0 Å². The van der Waals surface area contributed by atoms with E-state index in [0.717, 1.165) is 6.42 Å². The molecule has 22 heavy (non-hydrogen) atoms. The summed E-state index contributed by atoms with van der Waals surface area (Å²) in [6.45, 7) is 8.46. The lowest BCUT2D eigenvalue weighted by atomic mass is 10.0. The predicted molar refractivity (Wildman–Crippen MR) is 88.1 cm³/mol. The molecule has 118 valence electrons. The molecule has 2 rings (SSSR count). The van der Waals surface area contributed by atoms with Crippen LogP contribution in [0.4, 0.5) is 0 Å². The molecule has 1 heterocycles. The fourth-order valence-electron chi connectivity index (χ4n) is 2.39. The lowest BCUT2D eigenvalue weighted by Crippen LogP contribution is -2.38. The van der Waals surface area contributed by atoms with Gasteiger partial charge in [0.1, 0.15) is 0 Å². The number of hydrogen-bond acceptors (Lipinski definition) is 3. The summed E-state index contributed by atoms with van der Waals surface area (Å²) in [6, 6.07) is 7.18. The average Bonchev–Trinajstić information content (AvgIpc) is 2.54. The zero-order valence-electron chi connectivity index (χ0n) is 13.6. The van der Waals surface area contributed by atoms with E-state index in [1.165, 1.54) is 4.68 Å². The number of hydrogen-bond donors (Lipinski definition) is 1. The smallest absolute Gasteiger partial charge is 0.274 e. The highest BCUT2D eigenvalue weighted by molar-refractivity contribution is 6.04. The molecule has 0 bridgehead atoms. The van der Waals surface area contributed by atoms with Crippen LogP contribution in [-0.2, 0) is 6.54 Å². The summed E-state index contributed by atoms with van der Waals surface area (Å²) in [5.41, 5.74) is 0.150. The summed E-state index contributed by atoms with van der Waals surface area (Å²) in [6.07, 6.45) is 0.990. The maximum atomic E-state index is 12.6. The van der Waals surface area contributed by atoms with E-state index in [-0.39, 0.29) is 17.5 Å². The van der Waals surface area contributed by atoms with E-state index in [4.69, 9.17) is 0 Å². The molecule has 0 aliphatic heterocycles. The monoisotopic (exact) mass is 301 g/mol. The number of aromatic nitrogens is 2. The van der Waals surface area contributed by atoms with Crippen LogP contribution in [0.15, 0.2) is 29.1 Å². The first-order valence-corrected chi connectivity index (χ1v) is 7.80. The van der Waals surface area contributed by atoms with Crippen LogP contribution in [0, 0.1) is 5.92 Å². The molecule has 0 aliphatic rings. The molecule has 1 aromatic heterocycles. The number of carbonyl (C=O) groups is 1. The quantitative estimate of drug-likeness (QED) is 0.923. The normalized spacial score (nSPS) is 13.8. The highest BCUT2D eigenvalue weighted by atomic mass is 16.2. The summed E-state index contributed by atoms with van der Waals surface area (Å²) in [4.78, 5) is 24.9. The third kappa shape index (κ3) is 3.03. The van der Waals surface area contributed by atoms with E-state index in [0.29, 0.717) is 28.9 Å². The number of benzene rings is 1. The first kappa shape index (κ1) is 16.2. The molecule has 1 aromatic carbocycles. The molecule has 1 amide bonds. The van der Waals surface area contributed by atoms with E-state index in [1.54, 1.807) is 18.2 Å². The largest absolute Gasteiger partial charge is 0.348 e. The van der Waals surface area contributed by atoms with E-state index < -0.39 is 0 Å². The Morgan fingerprint density at radius 2 is 1.86 bits per heavy atom. The zero-order chi connectivity index (χ0) is 16.3. The maximum Gasteiger partial charge on any atom is 0.274 e. The highest BCUT2D eigenvalue weighted by Crippen LogP contribution is 2.14. The Kier molecular flexibility index (Phi) is 4.96. The van der Waals surface area contributed by atoms with Crippen molar-refractivity contribution in [3.05, 3.63) is 40.3 Å². The third-order valence-corrected chi connectivity index (χ3v) is 4.24. The molecule has 0 fully saturated rings. The zero-order valence-corrected chi connectivity index (χ0v) is 13.6. The van der Waals surface area contributed by atoms with Crippen molar-refractivity contribution < 1.29 is 4.79 Å². The fraction of sp³-hybridized carbons (Fsp3) is 0.471. The lowest BCUT2D eigenvalue weighted by Gasteiger charge is -2.20. The first-order valence-electron chi connectivity index (χ1n) is 7.80. The van der Waals surface area contributed by atoms with Gasteiger partial charge in [0.15, 0.2) is 5.69 Å². The molecule has 0 unspecified atom stereocenters. The van der Waals surface area contributed by atoms with E-state index >= 15 is 0 Å². The van der Waals surface area contributed by atoms with Crippen molar-refractivity contribution in [1.29, 1.82) is 0 Å². The molecule has 2 aromatic rings. The molecule has 0 saturated carbocycles. The van der Waals surface area contributed by atoms with Gasteiger partial charge < -0.3 is 5.32 Å².